The lowest BCUT2D eigenvalue weighted by Gasteiger charge is -2.15. The van der Waals surface area contributed by atoms with Crippen LogP contribution in [0.2, 0.25) is 0 Å². The predicted molar refractivity (Wildman–Crippen MR) is 80.6 cm³/mol. The van der Waals surface area contributed by atoms with Crippen molar-refractivity contribution in [2.45, 2.75) is 25.0 Å². The number of nitrogens with zero attached hydrogens (tertiary/aromatic N) is 1. The number of hydrogen-bond acceptors (Lipinski definition) is 6. The van der Waals surface area contributed by atoms with Crippen molar-refractivity contribution in [3.8, 4) is 0 Å². The van der Waals surface area contributed by atoms with Crippen LogP contribution in [0.25, 0.3) is 0 Å². The summed E-state index contributed by atoms with van der Waals surface area (Å²) in [6.45, 7) is 1.88. The van der Waals surface area contributed by atoms with Crippen LogP contribution in [0, 0.1) is 0 Å². The van der Waals surface area contributed by atoms with E-state index in [0.717, 1.165) is 4.88 Å². The van der Waals surface area contributed by atoms with Gasteiger partial charge in [0.15, 0.2) is 0 Å². The number of aryl methyl sites for hydroxylation is 1. The zero-order valence-electron chi connectivity index (χ0n) is 11.5. The van der Waals surface area contributed by atoms with Gasteiger partial charge in [-0.1, -0.05) is 6.92 Å². The number of thiophene rings is 1. The lowest BCUT2D eigenvalue weighted by molar-refractivity contribution is -0.117. The third-order valence-electron chi connectivity index (χ3n) is 3.25. The van der Waals surface area contributed by atoms with Crippen LogP contribution in [0.15, 0.2) is 6.07 Å². The van der Waals surface area contributed by atoms with Crippen LogP contribution in [0.1, 0.15) is 28.6 Å². The smallest absolute Gasteiger partial charge is 0.340 e. The van der Waals surface area contributed by atoms with E-state index in [9.17, 15) is 18.0 Å². The molecule has 0 bridgehead atoms. The van der Waals surface area contributed by atoms with Crippen LogP contribution in [-0.2, 0) is 25.0 Å². The fourth-order valence-electron chi connectivity index (χ4n) is 2.12. The van der Waals surface area contributed by atoms with Gasteiger partial charge in [-0.15, -0.1) is 11.3 Å². The summed E-state index contributed by atoms with van der Waals surface area (Å²) >= 11 is 1.28. The number of rotatable bonds is 4. The highest BCUT2D eigenvalue weighted by Crippen LogP contribution is 2.36. The van der Waals surface area contributed by atoms with Crippen molar-refractivity contribution in [3.63, 3.8) is 0 Å². The van der Waals surface area contributed by atoms with Crippen molar-refractivity contribution in [2.75, 3.05) is 18.6 Å². The van der Waals surface area contributed by atoms with Gasteiger partial charge in [-0.25, -0.2) is 13.2 Å². The van der Waals surface area contributed by atoms with E-state index in [2.05, 4.69) is 0 Å². The molecule has 0 radical (unpaired) electrons. The minimum absolute atomic E-state index is 0.0433. The van der Waals surface area contributed by atoms with Crippen molar-refractivity contribution in [1.29, 1.82) is 0 Å². The first kappa shape index (κ1) is 16.3. The molecule has 116 valence electrons. The molecule has 0 spiro atoms. The molecular formula is C12H14ClNO5S2. The van der Waals surface area contributed by atoms with Crippen molar-refractivity contribution in [1.82, 2.24) is 0 Å². The molecule has 2 rings (SSSR count). The monoisotopic (exact) mass is 351 g/mol. The molecule has 9 heteroatoms. The van der Waals surface area contributed by atoms with E-state index in [0.29, 0.717) is 11.4 Å². The van der Waals surface area contributed by atoms with Gasteiger partial charge in [0, 0.05) is 28.5 Å². The number of amides is 1. The van der Waals surface area contributed by atoms with Crippen LogP contribution in [0.3, 0.4) is 0 Å². The van der Waals surface area contributed by atoms with Gasteiger partial charge in [-0.2, -0.15) is 0 Å². The Balaban J connectivity index is 2.40. The number of ether oxygens (including phenoxy) is 1. The summed E-state index contributed by atoms with van der Waals surface area (Å²) < 4.78 is 27.5. The summed E-state index contributed by atoms with van der Waals surface area (Å²) in [5.41, 5.74) is 0.278. The first-order chi connectivity index (χ1) is 9.77. The van der Waals surface area contributed by atoms with Gasteiger partial charge in [0.25, 0.3) is 0 Å². The summed E-state index contributed by atoms with van der Waals surface area (Å²) in [4.78, 5) is 26.1. The molecule has 1 aromatic rings. The number of methoxy groups -OCH3 is 1. The number of carbonyl (C=O) groups excluding carboxylic acids is 2. The predicted octanol–water partition coefficient (Wildman–Crippen LogP) is 1.77. The third kappa shape index (κ3) is 3.22. The van der Waals surface area contributed by atoms with Crippen molar-refractivity contribution >= 4 is 47.9 Å². The Morgan fingerprint density at radius 1 is 1.57 bits per heavy atom. The van der Waals surface area contributed by atoms with Gasteiger partial charge >= 0.3 is 5.97 Å². The van der Waals surface area contributed by atoms with Gasteiger partial charge in [0.2, 0.25) is 15.0 Å². The number of halogens is 1. The molecule has 1 aromatic heterocycles. The highest BCUT2D eigenvalue weighted by atomic mass is 35.7. The lowest BCUT2D eigenvalue weighted by atomic mass is 10.2. The molecule has 0 N–H and O–H groups in total. The molecule has 1 amide bonds. The van der Waals surface area contributed by atoms with Crippen molar-refractivity contribution in [3.05, 3.63) is 16.5 Å². The molecule has 1 aliphatic rings. The number of carbonyl (C=O) groups is 2. The second-order valence-electron chi connectivity index (χ2n) is 4.58. The Morgan fingerprint density at radius 3 is 2.71 bits per heavy atom. The Bertz CT molecular complexity index is 682. The maximum atomic E-state index is 12.0. The largest absolute Gasteiger partial charge is 0.465 e. The molecule has 0 aliphatic carbocycles. The SMILES string of the molecule is CCc1cc(C(=O)OC)c(N2CC(S(=O)(=O)Cl)CC2=O)s1. The Labute approximate surface area is 131 Å². The van der Waals surface area contributed by atoms with E-state index >= 15 is 0 Å². The zero-order chi connectivity index (χ0) is 15.8. The molecule has 1 aliphatic heterocycles. The number of esters is 1. The van der Waals surface area contributed by atoms with Gasteiger partial charge in [0.05, 0.1) is 12.7 Å². The van der Waals surface area contributed by atoms with Gasteiger partial charge in [-0.3, -0.25) is 4.79 Å². The number of anilines is 1. The van der Waals surface area contributed by atoms with Crippen molar-refractivity contribution in [2.24, 2.45) is 0 Å². The Kier molecular flexibility index (Phi) is 4.60. The Morgan fingerprint density at radius 2 is 2.24 bits per heavy atom. The zero-order valence-corrected chi connectivity index (χ0v) is 13.8. The summed E-state index contributed by atoms with van der Waals surface area (Å²) in [7, 11) is 2.77. The third-order valence-corrected chi connectivity index (χ3v) is 6.42. The van der Waals surface area contributed by atoms with Crippen LogP contribution in [0.4, 0.5) is 5.00 Å². The van der Waals surface area contributed by atoms with Crippen molar-refractivity contribution < 1.29 is 22.7 Å². The molecule has 0 saturated carbocycles. The molecule has 1 saturated heterocycles. The van der Waals surface area contributed by atoms with Gasteiger partial charge in [0.1, 0.15) is 10.3 Å². The highest BCUT2D eigenvalue weighted by molar-refractivity contribution is 8.14. The molecule has 0 aromatic carbocycles. The molecular weight excluding hydrogens is 338 g/mol. The first-order valence-electron chi connectivity index (χ1n) is 6.22. The van der Waals surface area contributed by atoms with Gasteiger partial charge < -0.3 is 9.64 Å². The number of hydrogen-bond donors (Lipinski definition) is 0. The highest BCUT2D eigenvalue weighted by Gasteiger charge is 2.40. The topological polar surface area (TPSA) is 80.8 Å². The van der Waals surface area contributed by atoms with E-state index in [1.807, 2.05) is 6.92 Å². The quantitative estimate of drug-likeness (QED) is 0.610. The molecule has 2 heterocycles. The van der Waals surface area contributed by atoms with E-state index < -0.39 is 20.3 Å². The molecule has 21 heavy (non-hydrogen) atoms. The van der Waals surface area contributed by atoms with Crippen LogP contribution < -0.4 is 4.90 Å². The maximum Gasteiger partial charge on any atom is 0.340 e. The average Bonchev–Trinajstić information content (AvgIpc) is 3.00. The summed E-state index contributed by atoms with van der Waals surface area (Å²) in [6.07, 6.45) is 0.528. The fourth-order valence-corrected chi connectivity index (χ4v) is 4.26. The van der Waals surface area contributed by atoms with E-state index in [1.165, 1.54) is 23.3 Å². The van der Waals surface area contributed by atoms with E-state index in [-0.39, 0.29) is 24.4 Å². The Hall–Kier alpha value is -1.12. The van der Waals surface area contributed by atoms with Gasteiger partial charge in [-0.05, 0) is 12.5 Å². The summed E-state index contributed by atoms with van der Waals surface area (Å²) in [6, 6.07) is 1.67. The standard InChI is InChI=1S/C12H14ClNO5S2/c1-3-7-4-9(12(16)19-2)11(20-7)14-6-8(5-10(14)15)21(13,17)18/h4,8H,3,5-6H2,1-2H3. The normalized spacial score (nSPS) is 19.1. The van der Waals surface area contributed by atoms with Crippen LogP contribution in [0.5, 0.6) is 0 Å². The molecule has 1 fully saturated rings. The fraction of sp³-hybridized carbons (Fsp3) is 0.500. The first-order valence-corrected chi connectivity index (χ1v) is 9.41. The summed E-state index contributed by atoms with van der Waals surface area (Å²) in [5.74, 6) is -0.912. The van der Waals surface area contributed by atoms with E-state index in [1.54, 1.807) is 6.07 Å². The van der Waals surface area contributed by atoms with Crippen LogP contribution in [-0.4, -0.2) is 39.2 Å². The molecule has 1 unspecified atom stereocenters. The second-order valence-corrected chi connectivity index (χ2v) is 8.61. The summed E-state index contributed by atoms with van der Waals surface area (Å²) in [5, 5.41) is -0.532. The van der Waals surface area contributed by atoms with Crippen LogP contribution >= 0.6 is 22.0 Å². The molecule has 1 atom stereocenters. The van der Waals surface area contributed by atoms with E-state index in [4.69, 9.17) is 15.4 Å². The minimum atomic E-state index is -3.82. The lowest BCUT2D eigenvalue weighted by Crippen LogP contribution is -2.27. The average molecular weight is 352 g/mol. The second kappa shape index (κ2) is 5.94. The minimum Gasteiger partial charge on any atom is -0.465 e. The maximum absolute atomic E-state index is 12.0. The molecule has 6 nitrogen and oxygen atoms in total.